The lowest BCUT2D eigenvalue weighted by molar-refractivity contribution is -0.132. The minimum absolute atomic E-state index is 0.0221. The predicted molar refractivity (Wildman–Crippen MR) is 82.9 cm³/mol. The highest BCUT2D eigenvalue weighted by Crippen LogP contribution is 2.25. The largest absolute Gasteiger partial charge is 0.344 e. The van der Waals surface area contributed by atoms with Crippen LogP contribution in [0.5, 0.6) is 0 Å². The number of carbonyl (C=O) groups excluding carboxylic acids is 1. The van der Waals surface area contributed by atoms with E-state index < -0.39 is 0 Å². The Balaban J connectivity index is 2.03. The van der Waals surface area contributed by atoms with Gasteiger partial charge in [0.05, 0.1) is 6.04 Å². The molecule has 0 bridgehead atoms. The molecule has 0 aromatic heterocycles. The minimum atomic E-state index is -0.0310. The quantitative estimate of drug-likeness (QED) is 0.915. The van der Waals surface area contributed by atoms with E-state index in [-0.39, 0.29) is 17.4 Å². The zero-order chi connectivity index (χ0) is 14.8. The van der Waals surface area contributed by atoms with Gasteiger partial charge in [-0.3, -0.25) is 4.79 Å². The van der Waals surface area contributed by atoms with Crippen LogP contribution in [-0.4, -0.2) is 37.0 Å². The SMILES string of the molecule is Cc1ccc(C(C)(C)CN(C)C(=O)C2CCCN2)cc1. The standard InChI is InChI=1S/C17H26N2O/c1-13-7-9-14(10-8-13)17(2,3)12-19(4)16(20)15-6-5-11-18-15/h7-10,15,18H,5-6,11-12H2,1-4H3. The molecule has 20 heavy (non-hydrogen) atoms. The van der Waals surface area contributed by atoms with E-state index in [0.29, 0.717) is 0 Å². The molecule has 1 atom stereocenters. The average Bonchev–Trinajstić information content (AvgIpc) is 2.91. The third kappa shape index (κ3) is 3.40. The summed E-state index contributed by atoms with van der Waals surface area (Å²) in [6.07, 6.45) is 2.07. The van der Waals surface area contributed by atoms with Crippen molar-refractivity contribution in [3.63, 3.8) is 0 Å². The van der Waals surface area contributed by atoms with Crippen molar-refractivity contribution in [2.75, 3.05) is 20.1 Å². The van der Waals surface area contributed by atoms with Gasteiger partial charge in [-0.1, -0.05) is 43.7 Å². The Kier molecular flexibility index (Phi) is 4.48. The number of hydrogen-bond donors (Lipinski definition) is 1. The summed E-state index contributed by atoms with van der Waals surface area (Å²) in [5.41, 5.74) is 2.52. The Bertz CT molecular complexity index is 458. The van der Waals surface area contributed by atoms with Crippen LogP contribution >= 0.6 is 0 Å². The summed E-state index contributed by atoms with van der Waals surface area (Å²) in [4.78, 5) is 14.2. The van der Waals surface area contributed by atoms with Crippen LogP contribution in [0, 0.1) is 6.92 Å². The van der Waals surface area contributed by atoms with Crippen molar-refractivity contribution in [2.45, 2.75) is 45.1 Å². The van der Waals surface area contributed by atoms with E-state index >= 15 is 0 Å². The number of likely N-dealkylation sites (N-methyl/N-ethyl adjacent to an activating group) is 1. The fourth-order valence-corrected chi connectivity index (χ4v) is 2.93. The van der Waals surface area contributed by atoms with Crippen molar-refractivity contribution in [3.05, 3.63) is 35.4 Å². The highest BCUT2D eigenvalue weighted by atomic mass is 16.2. The van der Waals surface area contributed by atoms with Gasteiger partial charge in [0.1, 0.15) is 0 Å². The molecule has 3 nitrogen and oxygen atoms in total. The number of nitrogens with one attached hydrogen (secondary N) is 1. The van der Waals surface area contributed by atoms with E-state index in [0.717, 1.165) is 25.9 Å². The Morgan fingerprint density at radius 3 is 2.55 bits per heavy atom. The molecular formula is C17H26N2O. The molecule has 0 spiro atoms. The number of benzene rings is 1. The second kappa shape index (κ2) is 5.96. The van der Waals surface area contributed by atoms with Crippen molar-refractivity contribution in [3.8, 4) is 0 Å². The van der Waals surface area contributed by atoms with Gasteiger partial charge in [0.25, 0.3) is 0 Å². The number of nitrogens with zero attached hydrogens (tertiary/aromatic N) is 1. The molecule has 1 unspecified atom stereocenters. The highest BCUT2D eigenvalue weighted by Gasteiger charge is 2.29. The van der Waals surface area contributed by atoms with Crippen LogP contribution < -0.4 is 5.32 Å². The molecule has 1 saturated heterocycles. The number of aryl methyl sites for hydroxylation is 1. The maximum atomic E-state index is 12.4. The fourth-order valence-electron chi connectivity index (χ4n) is 2.93. The topological polar surface area (TPSA) is 32.3 Å². The molecule has 2 rings (SSSR count). The predicted octanol–water partition coefficient (Wildman–Crippen LogP) is 2.48. The first kappa shape index (κ1) is 15.0. The second-order valence-electron chi connectivity index (χ2n) is 6.59. The normalized spacial score (nSPS) is 19.1. The first-order valence-electron chi connectivity index (χ1n) is 7.46. The van der Waals surface area contributed by atoms with Gasteiger partial charge in [-0.15, -0.1) is 0 Å². The zero-order valence-corrected chi connectivity index (χ0v) is 13.1. The lowest BCUT2D eigenvalue weighted by Gasteiger charge is -2.32. The minimum Gasteiger partial charge on any atom is -0.344 e. The van der Waals surface area contributed by atoms with E-state index in [4.69, 9.17) is 0 Å². The molecule has 1 aliphatic heterocycles. The summed E-state index contributed by atoms with van der Waals surface area (Å²) in [5, 5.41) is 3.28. The molecule has 1 aromatic carbocycles. The fraction of sp³-hybridized carbons (Fsp3) is 0.588. The molecule has 1 amide bonds. The molecular weight excluding hydrogens is 248 g/mol. The second-order valence-corrected chi connectivity index (χ2v) is 6.59. The lowest BCUT2D eigenvalue weighted by Crippen LogP contribution is -2.46. The molecule has 1 N–H and O–H groups in total. The monoisotopic (exact) mass is 274 g/mol. The Morgan fingerprint density at radius 1 is 1.35 bits per heavy atom. The van der Waals surface area contributed by atoms with Gasteiger partial charge in [-0.25, -0.2) is 0 Å². The van der Waals surface area contributed by atoms with Crippen LogP contribution in [0.2, 0.25) is 0 Å². The summed E-state index contributed by atoms with van der Waals surface area (Å²) in [5.74, 6) is 0.225. The van der Waals surface area contributed by atoms with Crippen molar-refractivity contribution < 1.29 is 4.79 Å². The summed E-state index contributed by atoms with van der Waals surface area (Å²) < 4.78 is 0. The van der Waals surface area contributed by atoms with Gasteiger partial charge in [0, 0.05) is 19.0 Å². The molecule has 0 radical (unpaired) electrons. The van der Waals surface area contributed by atoms with Crippen LogP contribution in [0.25, 0.3) is 0 Å². The molecule has 0 saturated carbocycles. The number of hydrogen-bond acceptors (Lipinski definition) is 2. The highest BCUT2D eigenvalue weighted by molar-refractivity contribution is 5.82. The summed E-state index contributed by atoms with van der Waals surface area (Å²) in [6, 6.07) is 8.63. The third-order valence-electron chi connectivity index (χ3n) is 4.20. The van der Waals surface area contributed by atoms with Gasteiger partial charge >= 0.3 is 0 Å². The first-order valence-corrected chi connectivity index (χ1v) is 7.46. The average molecular weight is 274 g/mol. The number of rotatable bonds is 4. The van der Waals surface area contributed by atoms with Gasteiger partial charge in [0.2, 0.25) is 5.91 Å². The van der Waals surface area contributed by atoms with E-state index in [1.807, 2.05) is 11.9 Å². The zero-order valence-electron chi connectivity index (χ0n) is 13.1. The van der Waals surface area contributed by atoms with Gasteiger partial charge in [0.15, 0.2) is 0 Å². The summed E-state index contributed by atoms with van der Waals surface area (Å²) >= 11 is 0. The van der Waals surface area contributed by atoms with Gasteiger partial charge in [-0.05, 0) is 31.9 Å². The van der Waals surface area contributed by atoms with Crippen molar-refractivity contribution in [1.82, 2.24) is 10.2 Å². The molecule has 1 fully saturated rings. The maximum absolute atomic E-state index is 12.4. The lowest BCUT2D eigenvalue weighted by atomic mass is 9.83. The van der Waals surface area contributed by atoms with Crippen molar-refractivity contribution in [1.29, 1.82) is 0 Å². The van der Waals surface area contributed by atoms with Crippen molar-refractivity contribution >= 4 is 5.91 Å². The van der Waals surface area contributed by atoms with Crippen molar-refractivity contribution in [2.24, 2.45) is 0 Å². The Morgan fingerprint density at radius 2 is 2.00 bits per heavy atom. The van der Waals surface area contributed by atoms with Crippen LogP contribution in [-0.2, 0) is 10.2 Å². The number of amides is 1. The Labute approximate surface area is 122 Å². The molecule has 1 aliphatic rings. The van der Waals surface area contributed by atoms with E-state index in [2.05, 4.69) is 50.4 Å². The Hall–Kier alpha value is -1.35. The molecule has 1 heterocycles. The van der Waals surface area contributed by atoms with Crippen LogP contribution in [0.4, 0.5) is 0 Å². The summed E-state index contributed by atoms with van der Waals surface area (Å²) in [6.45, 7) is 8.20. The van der Waals surface area contributed by atoms with Gasteiger partial charge < -0.3 is 10.2 Å². The van der Waals surface area contributed by atoms with Crippen LogP contribution in [0.15, 0.2) is 24.3 Å². The van der Waals surface area contributed by atoms with Crippen LogP contribution in [0.1, 0.15) is 37.8 Å². The molecule has 0 aliphatic carbocycles. The number of carbonyl (C=O) groups is 1. The van der Waals surface area contributed by atoms with E-state index in [1.165, 1.54) is 11.1 Å². The first-order chi connectivity index (χ1) is 9.40. The third-order valence-corrected chi connectivity index (χ3v) is 4.20. The molecule has 3 heteroatoms. The molecule has 1 aromatic rings. The molecule has 110 valence electrons. The van der Waals surface area contributed by atoms with E-state index in [1.54, 1.807) is 0 Å². The smallest absolute Gasteiger partial charge is 0.239 e. The summed E-state index contributed by atoms with van der Waals surface area (Å²) in [7, 11) is 1.91. The van der Waals surface area contributed by atoms with Crippen LogP contribution in [0.3, 0.4) is 0 Å². The van der Waals surface area contributed by atoms with E-state index in [9.17, 15) is 4.79 Å². The van der Waals surface area contributed by atoms with Gasteiger partial charge in [-0.2, -0.15) is 0 Å². The maximum Gasteiger partial charge on any atom is 0.239 e.